The number of rotatable bonds is 11. The van der Waals surface area contributed by atoms with Crippen LogP contribution in [-0.4, -0.2) is 50.0 Å². The Morgan fingerprint density at radius 3 is 2.12 bits per heavy atom. The molecule has 218 valence electrons. The van der Waals surface area contributed by atoms with E-state index in [2.05, 4.69) is 5.32 Å². The number of hydrogen-bond acceptors (Lipinski definition) is 4. The minimum Gasteiger partial charge on any atom is -0.352 e. The van der Waals surface area contributed by atoms with Crippen LogP contribution in [0.3, 0.4) is 0 Å². The number of halogens is 2. The van der Waals surface area contributed by atoms with Gasteiger partial charge in [-0.3, -0.25) is 13.9 Å². The van der Waals surface area contributed by atoms with Crippen LogP contribution in [0.5, 0.6) is 0 Å². The first-order valence-corrected chi connectivity index (χ1v) is 16.3. The molecule has 1 fully saturated rings. The molecule has 1 unspecified atom stereocenters. The van der Waals surface area contributed by atoms with Crippen molar-refractivity contribution in [1.29, 1.82) is 0 Å². The summed E-state index contributed by atoms with van der Waals surface area (Å²) in [4.78, 5) is 29.6. The molecule has 0 radical (unpaired) electrons. The predicted octanol–water partition coefficient (Wildman–Crippen LogP) is 5.85. The first kappa shape index (κ1) is 30.9. The Hall–Kier alpha value is -3.07. The van der Waals surface area contributed by atoms with Crippen molar-refractivity contribution in [2.75, 3.05) is 17.1 Å². The molecule has 0 bridgehead atoms. The summed E-state index contributed by atoms with van der Waals surface area (Å²) in [5.74, 6) is -0.785. The molecule has 1 saturated carbocycles. The molecular weight excluding hydrogens is 581 g/mol. The summed E-state index contributed by atoms with van der Waals surface area (Å²) in [5.41, 5.74) is 1.80. The molecule has 1 aliphatic carbocycles. The molecule has 4 rings (SSSR count). The van der Waals surface area contributed by atoms with Crippen molar-refractivity contribution >= 4 is 50.7 Å². The lowest BCUT2D eigenvalue weighted by Crippen LogP contribution is -2.55. The molecule has 0 aromatic heterocycles. The van der Waals surface area contributed by atoms with E-state index < -0.39 is 28.5 Å². The Morgan fingerprint density at radius 2 is 1.51 bits per heavy atom. The van der Waals surface area contributed by atoms with Crippen LogP contribution in [0, 0.1) is 0 Å². The summed E-state index contributed by atoms with van der Waals surface area (Å²) in [5, 5.41) is 3.60. The average molecular weight is 617 g/mol. The smallest absolute Gasteiger partial charge is 0.244 e. The third-order valence-corrected chi connectivity index (χ3v) is 8.96. The molecule has 0 aliphatic heterocycles. The van der Waals surface area contributed by atoms with Crippen LogP contribution in [0.2, 0.25) is 10.0 Å². The second-order valence-corrected chi connectivity index (χ2v) is 13.2. The zero-order chi connectivity index (χ0) is 29.4. The monoisotopic (exact) mass is 615 g/mol. The Morgan fingerprint density at radius 1 is 0.902 bits per heavy atom. The van der Waals surface area contributed by atoms with E-state index in [1.807, 2.05) is 60.7 Å². The molecule has 7 nitrogen and oxygen atoms in total. The lowest BCUT2D eigenvalue weighted by atomic mass is 9.94. The van der Waals surface area contributed by atoms with Gasteiger partial charge in [-0.2, -0.15) is 0 Å². The lowest BCUT2D eigenvalue weighted by Gasteiger charge is -2.35. The van der Waals surface area contributed by atoms with Crippen molar-refractivity contribution < 1.29 is 18.0 Å². The Balaban J connectivity index is 1.72. The Bertz CT molecular complexity index is 1430. The molecule has 1 N–H and O–H groups in total. The van der Waals surface area contributed by atoms with Crippen molar-refractivity contribution in [2.24, 2.45) is 0 Å². The predicted molar refractivity (Wildman–Crippen MR) is 165 cm³/mol. The summed E-state index contributed by atoms with van der Waals surface area (Å²) in [7, 11) is -3.94. The zero-order valence-corrected chi connectivity index (χ0v) is 25.3. The van der Waals surface area contributed by atoms with E-state index in [0.717, 1.165) is 53.8 Å². The van der Waals surface area contributed by atoms with Crippen LogP contribution in [0.4, 0.5) is 5.69 Å². The fraction of sp³-hybridized carbons (Fsp3) is 0.355. The van der Waals surface area contributed by atoms with Gasteiger partial charge in [0.05, 0.1) is 17.0 Å². The summed E-state index contributed by atoms with van der Waals surface area (Å²) in [6, 6.07) is 22.5. The van der Waals surface area contributed by atoms with E-state index in [1.165, 1.54) is 17.0 Å². The zero-order valence-electron chi connectivity index (χ0n) is 23.0. The van der Waals surface area contributed by atoms with Crippen LogP contribution >= 0.6 is 23.2 Å². The highest BCUT2D eigenvalue weighted by Gasteiger charge is 2.34. The average Bonchev–Trinajstić information content (AvgIpc) is 2.96. The van der Waals surface area contributed by atoms with E-state index in [4.69, 9.17) is 23.2 Å². The van der Waals surface area contributed by atoms with Crippen LogP contribution < -0.4 is 9.62 Å². The maximum absolute atomic E-state index is 14.2. The van der Waals surface area contributed by atoms with E-state index in [-0.39, 0.29) is 40.6 Å². The molecule has 1 aliphatic rings. The van der Waals surface area contributed by atoms with Crippen LogP contribution in [-0.2, 0) is 32.6 Å². The molecule has 0 heterocycles. The lowest BCUT2D eigenvalue weighted by molar-refractivity contribution is -0.140. The third kappa shape index (κ3) is 8.71. The van der Waals surface area contributed by atoms with Gasteiger partial charge in [-0.05, 0) is 42.2 Å². The molecule has 0 spiro atoms. The normalized spacial score (nSPS) is 14.7. The number of hydrogen-bond donors (Lipinski definition) is 1. The third-order valence-electron chi connectivity index (χ3n) is 7.27. The van der Waals surface area contributed by atoms with Gasteiger partial charge in [0.15, 0.2) is 0 Å². The maximum atomic E-state index is 14.2. The summed E-state index contributed by atoms with van der Waals surface area (Å²) >= 11 is 12.5. The van der Waals surface area contributed by atoms with E-state index >= 15 is 0 Å². The maximum Gasteiger partial charge on any atom is 0.244 e. The first-order valence-electron chi connectivity index (χ1n) is 13.7. The summed E-state index contributed by atoms with van der Waals surface area (Å²) < 4.78 is 26.8. The molecule has 0 saturated heterocycles. The molecule has 3 aromatic carbocycles. The summed E-state index contributed by atoms with van der Waals surface area (Å²) in [6.45, 7) is -0.427. The van der Waals surface area contributed by atoms with Gasteiger partial charge in [0.25, 0.3) is 0 Å². The van der Waals surface area contributed by atoms with Crippen LogP contribution in [0.15, 0.2) is 78.9 Å². The number of amides is 2. The number of benzene rings is 3. The number of nitrogens with zero attached hydrogens (tertiary/aromatic N) is 2. The van der Waals surface area contributed by atoms with Gasteiger partial charge in [0.2, 0.25) is 21.8 Å². The molecule has 41 heavy (non-hydrogen) atoms. The topological polar surface area (TPSA) is 86.8 Å². The van der Waals surface area contributed by atoms with E-state index in [0.29, 0.717) is 0 Å². The van der Waals surface area contributed by atoms with Gasteiger partial charge < -0.3 is 10.2 Å². The summed E-state index contributed by atoms with van der Waals surface area (Å²) in [6.07, 6.45) is 6.31. The van der Waals surface area contributed by atoms with Gasteiger partial charge >= 0.3 is 0 Å². The number of carbonyl (C=O) groups is 2. The minimum absolute atomic E-state index is 0.0426. The van der Waals surface area contributed by atoms with Crippen molar-refractivity contribution in [3.63, 3.8) is 0 Å². The number of nitrogens with one attached hydrogen (secondary N) is 1. The molecule has 2 amide bonds. The standard InChI is InChI=1S/C31H35Cl2N3O4S/c1-41(39,40)36(28-20-25(32)17-18-27(28)33)22-30(37)35(21-24-13-7-3-8-14-24)29(19-23-11-5-2-6-12-23)31(38)34-26-15-9-4-10-16-26/h2-3,5-8,11-14,17-18,20,26,29H,4,9-10,15-16,19,21-22H2,1H3,(H,34,38). The second-order valence-electron chi connectivity index (χ2n) is 10.4. The molecule has 1 atom stereocenters. The molecule has 10 heteroatoms. The van der Waals surface area contributed by atoms with E-state index in [1.54, 1.807) is 6.07 Å². The number of sulfonamides is 1. The SMILES string of the molecule is CS(=O)(=O)N(CC(=O)N(Cc1ccccc1)C(Cc1ccccc1)C(=O)NC1CCCCC1)c1cc(Cl)ccc1Cl. The largest absolute Gasteiger partial charge is 0.352 e. The highest BCUT2D eigenvalue weighted by atomic mass is 35.5. The number of carbonyl (C=O) groups excluding carboxylic acids is 2. The highest BCUT2D eigenvalue weighted by molar-refractivity contribution is 7.92. The Labute approximate surface area is 252 Å². The van der Waals surface area contributed by atoms with Gasteiger partial charge in [0, 0.05) is 24.0 Å². The Kier molecular flexibility index (Phi) is 10.7. The molecular formula is C31H35Cl2N3O4S. The van der Waals surface area contributed by atoms with Gasteiger partial charge in [-0.15, -0.1) is 0 Å². The first-order chi connectivity index (χ1) is 19.6. The second kappa shape index (κ2) is 14.2. The fourth-order valence-electron chi connectivity index (χ4n) is 5.15. The highest BCUT2D eigenvalue weighted by Crippen LogP contribution is 2.31. The van der Waals surface area contributed by atoms with Crippen molar-refractivity contribution in [2.45, 2.75) is 57.2 Å². The fourth-order valence-corrected chi connectivity index (χ4v) is 6.44. The van der Waals surface area contributed by atoms with E-state index in [9.17, 15) is 18.0 Å². The van der Waals surface area contributed by atoms with Crippen molar-refractivity contribution in [1.82, 2.24) is 10.2 Å². The van der Waals surface area contributed by atoms with Crippen LogP contribution in [0.1, 0.15) is 43.2 Å². The number of anilines is 1. The van der Waals surface area contributed by atoms with Gasteiger partial charge in [-0.1, -0.05) is 103 Å². The van der Waals surface area contributed by atoms with Gasteiger partial charge in [-0.25, -0.2) is 8.42 Å². The van der Waals surface area contributed by atoms with Crippen molar-refractivity contribution in [3.8, 4) is 0 Å². The van der Waals surface area contributed by atoms with Crippen molar-refractivity contribution in [3.05, 3.63) is 100 Å². The molecule has 3 aromatic rings. The minimum atomic E-state index is -3.94. The van der Waals surface area contributed by atoms with Crippen LogP contribution in [0.25, 0.3) is 0 Å². The quantitative estimate of drug-likeness (QED) is 0.293. The van der Waals surface area contributed by atoms with Gasteiger partial charge in [0.1, 0.15) is 12.6 Å².